The Bertz CT molecular complexity index is 896. The summed E-state index contributed by atoms with van der Waals surface area (Å²) in [6.45, 7) is 4.02. The maximum absolute atomic E-state index is 11.9. The van der Waals surface area contributed by atoms with Gasteiger partial charge < -0.3 is 5.32 Å². The van der Waals surface area contributed by atoms with Crippen LogP contribution >= 0.6 is 23.4 Å². The minimum absolute atomic E-state index is 0.0973. The number of amides is 1. The van der Waals surface area contributed by atoms with E-state index in [2.05, 4.69) is 27.1 Å². The van der Waals surface area contributed by atoms with E-state index in [-0.39, 0.29) is 11.7 Å². The highest BCUT2D eigenvalue weighted by Gasteiger charge is 2.17. The quantitative estimate of drug-likeness (QED) is 0.498. The minimum atomic E-state index is -0.0973. The van der Waals surface area contributed by atoms with E-state index in [4.69, 9.17) is 11.6 Å². The largest absolute Gasteiger partial charge is 0.352 e. The summed E-state index contributed by atoms with van der Waals surface area (Å²) in [4.78, 5) is 16.2. The summed E-state index contributed by atoms with van der Waals surface area (Å²) in [7, 11) is 0. The number of benzene rings is 1. The van der Waals surface area contributed by atoms with Crippen molar-refractivity contribution in [3.63, 3.8) is 0 Å². The normalized spacial score (nSPS) is 10.5. The van der Waals surface area contributed by atoms with Crippen molar-refractivity contribution in [2.24, 2.45) is 0 Å². The number of pyridine rings is 1. The molecule has 0 spiro atoms. The van der Waals surface area contributed by atoms with Crippen LogP contribution in [0.4, 0.5) is 0 Å². The summed E-state index contributed by atoms with van der Waals surface area (Å²) in [5.74, 6) is 0.726. The van der Waals surface area contributed by atoms with E-state index >= 15 is 0 Å². The summed E-state index contributed by atoms with van der Waals surface area (Å²) >= 11 is 7.30. The second kappa shape index (κ2) is 8.64. The molecule has 1 aromatic carbocycles. The Hall–Kier alpha value is -2.64. The number of nitrogens with zero attached hydrogens (tertiary/aromatic N) is 4. The summed E-state index contributed by atoms with van der Waals surface area (Å²) in [5, 5.41) is 12.5. The molecule has 0 saturated carbocycles. The van der Waals surface area contributed by atoms with E-state index in [1.54, 1.807) is 24.4 Å². The molecule has 0 radical (unpaired) electrons. The molecular weight excluding hydrogens is 370 g/mol. The minimum Gasteiger partial charge on any atom is -0.352 e. The predicted octanol–water partition coefficient (Wildman–Crippen LogP) is 3.38. The van der Waals surface area contributed by atoms with Crippen LogP contribution in [-0.2, 0) is 4.79 Å². The van der Waals surface area contributed by atoms with E-state index in [1.807, 2.05) is 34.9 Å². The average Bonchev–Trinajstić information content (AvgIpc) is 3.10. The number of halogens is 1. The molecule has 0 aliphatic carbocycles. The first kappa shape index (κ1) is 18.2. The average molecular weight is 386 g/mol. The molecule has 0 bridgehead atoms. The van der Waals surface area contributed by atoms with Crippen LogP contribution < -0.4 is 5.32 Å². The van der Waals surface area contributed by atoms with Gasteiger partial charge >= 0.3 is 0 Å². The summed E-state index contributed by atoms with van der Waals surface area (Å²) in [6, 6.07) is 12.9. The van der Waals surface area contributed by atoms with Crippen molar-refractivity contribution >= 4 is 29.3 Å². The van der Waals surface area contributed by atoms with E-state index in [0.29, 0.717) is 28.2 Å². The zero-order valence-corrected chi connectivity index (χ0v) is 15.4. The Labute approximate surface area is 160 Å². The van der Waals surface area contributed by atoms with Crippen LogP contribution in [-0.4, -0.2) is 38.0 Å². The molecule has 0 aliphatic rings. The molecule has 2 heterocycles. The highest BCUT2D eigenvalue weighted by atomic mass is 35.5. The van der Waals surface area contributed by atoms with Crippen LogP contribution in [0, 0.1) is 0 Å². The topological polar surface area (TPSA) is 72.7 Å². The number of carbonyl (C=O) groups is 1. The Morgan fingerprint density at radius 2 is 2.04 bits per heavy atom. The number of rotatable bonds is 7. The standard InChI is InChI=1S/C18H16ClN5OS/c1-2-10-21-16(25)12-26-18-23-22-17(15-5-3-4-11-20-15)24(18)14-8-6-13(19)7-9-14/h2-9,11H,1,10,12H2,(H,21,25). The molecule has 1 amide bonds. The van der Waals surface area contributed by atoms with Gasteiger partial charge in [-0.05, 0) is 36.4 Å². The van der Waals surface area contributed by atoms with Gasteiger partial charge in [-0.15, -0.1) is 16.8 Å². The first-order chi connectivity index (χ1) is 12.7. The van der Waals surface area contributed by atoms with Gasteiger partial charge in [-0.1, -0.05) is 35.5 Å². The van der Waals surface area contributed by atoms with Crippen molar-refractivity contribution in [2.45, 2.75) is 5.16 Å². The van der Waals surface area contributed by atoms with E-state index in [0.717, 1.165) is 5.69 Å². The van der Waals surface area contributed by atoms with Crippen molar-refractivity contribution in [1.82, 2.24) is 25.1 Å². The van der Waals surface area contributed by atoms with Crippen LogP contribution in [0.15, 0.2) is 66.5 Å². The lowest BCUT2D eigenvalue weighted by molar-refractivity contribution is -0.118. The number of hydrogen-bond acceptors (Lipinski definition) is 5. The van der Waals surface area contributed by atoms with Gasteiger partial charge in [0.2, 0.25) is 5.91 Å². The molecule has 0 fully saturated rings. The molecule has 6 nitrogen and oxygen atoms in total. The van der Waals surface area contributed by atoms with Gasteiger partial charge in [0, 0.05) is 23.5 Å². The van der Waals surface area contributed by atoms with Gasteiger partial charge in [-0.2, -0.15) is 0 Å². The molecule has 2 aromatic heterocycles. The SMILES string of the molecule is C=CCNC(=O)CSc1nnc(-c2ccccn2)n1-c1ccc(Cl)cc1. The molecule has 3 rings (SSSR count). The molecule has 26 heavy (non-hydrogen) atoms. The van der Waals surface area contributed by atoms with E-state index < -0.39 is 0 Å². The molecule has 132 valence electrons. The van der Waals surface area contributed by atoms with E-state index in [9.17, 15) is 4.79 Å². The molecule has 3 aromatic rings. The van der Waals surface area contributed by atoms with E-state index in [1.165, 1.54) is 11.8 Å². The third-order valence-electron chi connectivity index (χ3n) is 3.39. The van der Waals surface area contributed by atoms with Crippen molar-refractivity contribution in [2.75, 3.05) is 12.3 Å². The molecular formula is C18H16ClN5OS. The third-order valence-corrected chi connectivity index (χ3v) is 4.57. The maximum Gasteiger partial charge on any atom is 0.230 e. The lowest BCUT2D eigenvalue weighted by Crippen LogP contribution is -2.25. The first-order valence-electron chi connectivity index (χ1n) is 7.82. The van der Waals surface area contributed by atoms with Gasteiger partial charge in [0.05, 0.1) is 5.75 Å². The highest BCUT2D eigenvalue weighted by Crippen LogP contribution is 2.27. The maximum atomic E-state index is 11.9. The predicted molar refractivity (Wildman–Crippen MR) is 104 cm³/mol. The number of hydrogen-bond donors (Lipinski definition) is 1. The Morgan fingerprint density at radius 3 is 2.73 bits per heavy atom. The highest BCUT2D eigenvalue weighted by molar-refractivity contribution is 7.99. The summed E-state index contributed by atoms with van der Waals surface area (Å²) < 4.78 is 1.87. The van der Waals surface area contributed by atoms with Crippen LogP contribution in [0.5, 0.6) is 0 Å². The van der Waals surface area contributed by atoms with Crippen LogP contribution in [0.1, 0.15) is 0 Å². The van der Waals surface area contributed by atoms with Crippen molar-refractivity contribution in [3.05, 3.63) is 66.3 Å². The Kier molecular flexibility index (Phi) is 6.04. The molecule has 0 saturated heterocycles. The fraction of sp³-hybridized carbons (Fsp3) is 0.111. The third kappa shape index (κ3) is 4.30. The zero-order valence-electron chi connectivity index (χ0n) is 13.8. The van der Waals surface area contributed by atoms with Crippen molar-refractivity contribution in [3.8, 4) is 17.2 Å². The zero-order chi connectivity index (χ0) is 18.4. The monoisotopic (exact) mass is 385 g/mol. The van der Waals surface area contributed by atoms with Gasteiger partial charge in [0.1, 0.15) is 5.69 Å². The summed E-state index contributed by atoms with van der Waals surface area (Å²) in [5.41, 5.74) is 1.53. The van der Waals surface area contributed by atoms with Gasteiger partial charge in [-0.3, -0.25) is 14.3 Å². The fourth-order valence-corrected chi connectivity index (χ4v) is 3.12. The van der Waals surface area contributed by atoms with Crippen molar-refractivity contribution in [1.29, 1.82) is 0 Å². The van der Waals surface area contributed by atoms with Crippen LogP contribution in [0.3, 0.4) is 0 Å². The van der Waals surface area contributed by atoms with Crippen molar-refractivity contribution < 1.29 is 4.79 Å². The lowest BCUT2D eigenvalue weighted by atomic mass is 10.3. The molecule has 8 heteroatoms. The molecule has 0 unspecified atom stereocenters. The second-order valence-electron chi connectivity index (χ2n) is 5.21. The molecule has 0 atom stereocenters. The first-order valence-corrected chi connectivity index (χ1v) is 9.18. The number of nitrogens with one attached hydrogen (secondary N) is 1. The lowest BCUT2D eigenvalue weighted by Gasteiger charge is -2.10. The smallest absolute Gasteiger partial charge is 0.230 e. The number of thioether (sulfide) groups is 1. The van der Waals surface area contributed by atoms with Crippen LogP contribution in [0.2, 0.25) is 5.02 Å². The Balaban J connectivity index is 1.94. The molecule has 1 N–H and O–H groups in total. The fourth-order valence-electron chi connectivity index (χ4n) is 2.21. The molecule has 0 aliphatic heterocycles. The Morgan fingerprint density at radius 1 is 1.23 bits per heavy atom. The van der Waals surface area contributed by atoms with Gasteiger partial charge in [0.25, 0.3) is 0 Å². The summed E-state index contributed by atoms with van der Waals surface area (Å²) in [6.07, 6.45) is 3.34. The van der Waals surface area contributed by atoms with Gasteiger partial charge in [0.15, 0.2) is 11.0 Å². The number of carbonyl (C=O) groups excluding carboxylic acids is 1. The van der Waals surface area contributed by atoms with Gasteiger partial charge in [-0.25, -0.2) is 0 Å². The second-order valence-corrected chi connectivity index (χ2v) is 6.59. The van der Waals surface area contributed by atoms with Crippen LogP contribution in [0.25, 0.3) is 17.2 Å². The number of aromatic nitrogens is 4.